The first-order valence-corrected chi connectivity index (χ1v) is 11.3. The highest BCUT2D eigenvalue weighted by Gasteiger charge is 2.49. The summed E-state index contributed by atoms with van der Waals surface area (Å²) in [6.45, 7) is 5.67. The first-order valence-electron chi connectivity index (χ1n) is 9.96. The van der Waals surface area contributed by atoms with Crippen molar-refractivity contribution in [3.8, 4) is 0 Å². The zero-order valence-electron chi connectivity index (χ0n) is 17.9. The molecule has 2 bridgehead atoms. The molecule has 2 fully saturated rings. The van der Waals surface area contributed by atoms with E-state index >= 15 is 0 Å². The molecule has 0 saturated carbocycles. The lowest BCUT2D eigenvalue weighted by molar-refractivity contribution is -0.120. The predicted molar refractivity (Wildman–Crippen MR) is 112 cm³/mol. The van der Waals surface area contributed by atoms with E-state index in [0.29, 0.717) is 23.6 Å². The van der Waals surface area contributed by atoms with Gasteiger partial charge in [0, 0.05) is 18.8 Å². The zero-order chi connectivity index (χ0) is 23.7. The number of carbonyl (C=O) groups excluding carboxylic acids is 3. The van der Waals surface area contributed by atoms with Crippen molar-refractivity contribution in [2.75, 3.05) is 11.9 Å². The van der Waals surface area contributed by atoms with Crippen molar-refractivity contribution in [3.63, 3.8) is 0 Å². The van der Waals surface area contributed by atoms with Crippen LogP contribution < -0.4 is 10.6 Å². The van der Waals surface area contributed by atoms with Gasteiger partial charge in [-0.05, 0) is 51.3 Å². The van der Waals surface area contributed by atoms with E-state index in [1.165, 1.54) is 4.90 Å². The molecule has 32 heavy (non-hydrogen) atoms. The average Bonchev–Trinajstić information content (AvgIpc) is 2.89. The second-order valence-electron chi connectivity index (χ2n) is 8.55. The standard InChI is InChI=1S/C19H26N4O8S/c1-19(2,3)30-17(25)20-10-12-4-6-13(7-5-12)21-16(24)15-9-8-14-11-22(15)18(26)23(14)31-32(27,28)29/h4-7,14-15H,8-11H2,1-3H3,(H,20,25)(H,21,24)(H,27,28,29)/t14-,15+/m1/s1. The van der Waals surface area contributed by atoms with Crippen LogP contribution in [-0.2, 0) is 30.8 Å². The Balaban J connectivity index is 1.55. The second kappa shape index (κ2) is 8.92. The van der Waals surface area contributed by atoms with E-state index < -0.39 is 46.1 Å². The molecule has 2 saturated heterocycles. The zero-order valence-corrected chi connectivity index (χ0v) is 18.7. The van der Waals surface area contributed by atoms with Gasteiger partial charge < -0.3 is 20.3 Å². The summed E-state index contributed by atoms with van der Waals surface area (Å²) >= 11 is 0. The first-order chi connectivity index (χ1) is 14.8. The quantitative estimate of drug-likeness (QED) is 0.530. The largest absolute Gasteiger partial charge is 0.444 e. The number of hydrogen-bond acceptors (Lipinski definition) is 7. The number of hydroxylamine groups is 2. The molecule has 2 atom stereocenters. The van der Waals surface area contributed by atoms with Gasteiger partial charge in [0.05, 0.1) is 6.04 Å². The lowest BCUT2D eigenvalue weighted by Crippen LogP contribution is -2.47. The fourth-order valence-electron chi connectivity index (χ4n) is 3.52. The molecule has 0 radical (unpaired) electrons. The fraction of sp³-hybridized carbons (Fsp3) is 0.526. The third kappa shape index (κ3) is 6.08. The van der Waals surface area contributed by atoms with Gasteiger partial charge >= 0.3 is 22.5 Å². The van der Waals surface area contributed by atoms with Crippen molar-refractivity contribution >= 4 is 34.1 Å². The molecule has 0 unspecified atom stereocenters. The summed E-state index contributed by atoms with van der Waals surface area (Å²) in [6.07, 6.45) is 0.115. The van der Waals surface area contributed by atoms with Gasteiger partial charge in [-0.3, -0.25) is 9.35 Å². The Bertz CT molecular complexity index is 990. The third-order valence-corrected chi connectivity index (χ3v) is 5.21. The van der Waals surface area contributed by atoms with Crippen LogP contribution in [0, 0.1) is 0 Å². The van der Waals surface area contributed by atoms with Gasteiger partial charge in [0.25, 0.3) is 0 Å². The van der Waals surface area contributed by atoms with Gasteiger partial charge in [0.15, 0.2) is 0 Å². The van der Waals surface area contributed by atoms with E-state index in [1.54, 1.807) is 45.0 Å². The van der Waals surface area contributed by atoms with E-state index in [-0.39, 0.29) is 13.1 Å². The number of hydrogen-bond donors (Lipinski definition) is 3. The lowest BCUT2D eigenvalue weighted by Gasteiger charge is -2.29. The highest BCUT2D eigenvalue weighted by molar-refractivity contribution is 7.80. The summed E-state index contributed by atoms with van der Waals surface area (Å²) in [4.78, 5) is 38.1. The minimum atomic E-state index is -4.85. The van der Waals surface area contributed by atoms with Crippen molar-refractivity contribution in [3.05, 3.63) is 29.8 Å². The van der Waals surface area contributed by atoms with Crippen LogP contribution in [0.1, 0.15) is 39.2 Å². The highest BCUT2D eigenvalue weighted by Crippen LogP contribution is 2.31. The molecule has 3 N–H and O–H groups in total. The van der Waals surface area contributed by atoms with E-state index in [2.05, 4.69) is 14.9 Å². The summed E-state index contributed by atoms with van der Waals surface area (Å²) in [7, 11) is -4.85. The Kier molecular flexibility index (Phi) is 6.62. The fourth-order valence-corrected chi connectivity index (χ4v) is 3.91. The van der Waals surface area contributed by atoms with Gasteiger partial charge in [-0.2, -0.15) is 13.5 Å². The van der Waals surface area contributed by atoms with Gasteiger partial charge in [0.1, 0.15) is 11.6 Å². The number of fused-ring (bicyclic) bond motifs is 2. The van der Waals surface area contributed by atoms with Crippen LogP contribution in [0.4, 0.5) is 15.3 Å². The SMILES string of the molecule is CC(C)(C)OC(=O)NCc1ccc(NC(=O)[C@@H]2CC[C@@H]3CN2C(=O)N3OS(=O)(=O)O)cc1. The first kappa shape index (κ1) is 23.8. The van der Waals surface area contributed by atoms with E-state index in [0.717, 1.165) is 5.56 Å². The second-order valence-corrected chi connectivity index (χ2v) is 9.56. The molecule has 1 aromatic rings. The minimum absolute atomic E-state index is 0.113. The maximum absolute atomic E-state index is 12.7. The molecule has 0 aliphatic carbocycles. The molecule has 13 heteroatoms. The van der Waals surface area contributed by atoms with Gasteiger partial charge in [-0.25, -0.2) is 9.59 Å². The number of urea groups is 1. The number of carbonyl (C=O) groups is 3. The van der Waals surface area contributed by atoms with Crippen molar-refractivity contribution in [2.24, 2.45) is 0 Å². The van der Waals surface area contributed by atoms with Crippen LogP contribution in [-0.4, -0.2) is 65.2 Å². The molecule has 4 amide bonds. The molecular weight excluding hydrogens is 444 g/mol. The lowest BCUT2D eigenvalue weighted by atomic mass is 10.00. The molecule has 2 heterocycles. The molecule has 12 nitrogen and oxygen atoms in total. The van der Waals surface area contributed by atoms with Gasteiger partial charge in [-0.1, -0.05) is 12.1 Å². The Labute approximate surface area is 185 Å². The normalized spacial score (nSPS) is 20.8. The Hall–Kier alpha value is -2.90. The van der Waals surface area contributed by atoms with E-state index in [9.17, 15) is 22.8 Å². The van der Waals surface area contributed by atoms with Crippen LogP contribution in [0.15, 0.2) is 24.3 Å². The Morgan fingerprint density at radius 1 is 1.19 bits per heavy atom. The van der Waals surface area contributed by atoms with E-state index in [4.69, 9.17) is 9.29 Å². The number of alkyl carbamates (subject to hydrolysis) is 1. The average molecular weight is 471 g/mol. The number of benzene rings is 1. The van der Waals surface area contributed by atoms with Crippen LogP contribution in [0.25, 0.3) is 0 Å². The number of anilines is 1. The van der Waals surface area contributed by atoms with E-state index in [1.807, 2.05) is 0 Å². The molecule has 176 valence electrons. The molecule has 2 aliphatic heterocycles. The number of amides is 4. The number of rotatable bonds is 6. The maximum Gasteiger partial charge on any atom is 0.418 e. The van der Waals surface area contributed by atoms with Crippen molar-refractivity contribution < 1.29 is 36.4 Å². The Morgan fingerprint density at radius 3 is 2.44 bits per heavy atom. The van der Waals surface area contributed by atoms with Crippen LogP contribution in [0.5, 0.6) is 0 Å². The topological polar surface area (TPSA) is 155 Å². The van der Waals surface area contributed by atoms with Crippen LogP contribution in [0.3, 0.4) is 0 Å². The Morgan fingerprint density at radius 2 is 1.84 bits per heavy atom. The summed E-state index contributed by atoms with van der Waals surface area (Å²) in [5, 5.41) is 5.96. The van der Waals surface area contributed by atoms with Crippen molar-refractivity contribution in [2.45, 2.75) is 57.8 Å². The number of piperidine rings is 1. The molecule has 0 aromatic heterocycles. The van der Waals surface area contributed by atoms with Crippen LogP contribution in [0.2, 0.25) is 0 Å². The van der Waals surface area contributed by atoms with Crippen LogP contribution >= 0.6 is 0 Å². The molecule has 2 aliphatic rings. The molecular formula is C19H26N4O8S. The number of ether oxygens (including phenoxy) is 1. The highest BCUT2D eigenvalue weighted by atomic mass is 32.3. The molecule has 3 rings (SSSR count). The number of nitrogens with zero attached hydrogens (tertiary/aromatic N) is 2. The number of nitrogens with one attached hydrogen (secondary N) is 2. The van der Waals surface area contributed by atoms with Gasteiger partial charge in [0.2, 0.25) is 5.91 Å². The van der Waals surface area contributed by atoms with Crippen molar-refractivity contribution in [1.29, 1.82) is 0 Å². The third-order valence-electron chi connectivity index (χ3n) is 4.86. The maximum atomic E-state index is 12.7. The summed E-state index contributed by atoms with van der Waals surface area (Å²) in [6, 6.07) is 4.62. The summed E-state index contributed by atoms with van der Waals surface area (Å²) < 4.78 is 40.3. The summed E-state index contributed by atoms with van der Waals surface area (Å²) in [5.41, 5.74) is 0.696. The predicted octanol–water partition coefficient (Wildman–Crippen LogP) is 1.65. The molecule has 0 spiro atoms. The molecule has 1 aromatic carbocycles. The smallest absolute Gasteiger partial charge is 0.418 e. The summed E-state index contributed by atoms with van der Waals surface area (Å²) in [5.74, 6) is -0.426. The van der Waals surface area contributed by atoms with Gasteiger partial charge in [-0.15, -0.1) is 4.28 Å². The minimum Gasteiger partial charge on any atom is -0.444 e. The van der Waals surface area contributed by atoms with Crippen molar-refractivity contribution in [1.82, 2.24) is 15.3 Å². The monoisotopic (exact) mass is 470 g/mol.